The Kier molecular flexibility index (Phi) is 12.4. The number of guanidine groups is 1. The molecule has 0 unspecified atom stereocenters. The normalized spacial score (nSPS) is 11.7. The summed E-state index contributed by atoms with van der Waals surface area (Å²) in [6.45, 7) is 10.0. The van der Waals surface area contributed by atoms with E-state index in [1.807, 2.05) is 65.0 Å². The third-order valence-corrected chi connectivity index (χ3v) is 4.41. The third kappa shape index (κ3) is 10.7. The first-order valence-electron chi connectivity index (χ1n) is 9.93. The molecule has 2 amide bonds. The second kappa shape index (κ2) is 13.3. The van der Waals surface area contributed by atoms with Crippen LogP contribution in [0.15, 0.2) is 35.3 Å². The summed E-state index contributed by atoms with van der Waals surface area (Å²) in [5, 5.41) is 12.0. The highest BCUT2D eigenvalue weighted by Gasteiger charge is 2.30. The van der Waals surface area contributed by atoms with Crippen LogP contribution in [0.3, 0.4) is 0 Å². The molecule has 9 heteroatoms. The fraction of sp³-hybridized carbons (Fsp3) is 0.571. The van der Waals surface area contributed by atoms with Crippen molar-refractivity contribution in [3.63, 3.8) is 0 Å². The number of nitrogens with one attached hydrogen (secondary N) is 4. The minimum atomic E-state index is -0.561. The number of hydrogen-bond acceptors (Lipinski definition) is 4. The molecule has 0 aromatic heterocycles. The molecule has 0 atom stereocenters. The monoisotopic (exact) mass is 533 g/mol. The topological polar surface area (TPSA) is 104 Å². The average molecular weight is 533 g/mol. The molecule has 0 bridgehead atoms. The average Bonchev–Trinajstić information content (AvgIpc) is 2.66. The number of alkyl carbamates (subject to hydrolysis) is 1. The molecule has 0 aliphatic heterocycles. The predicted molar refractivity (Wildman–Crippen MR) is 133 cm³/mol. The van der Waals surface area contributed by atoms with Crippen LogP contribution < -0.4 is 21.3 Å². The lowest BCUT2D eigenvalue weighted by molar-refractivity contribution is -0.115. The standard InChI is InChI=1S/C21H35N5O3.HI/c1-7-21(8-2,26-19(28)29-20(3,4)5)15-24-18(22-6)23-14-17(27)25-16-12-10-9-11-13-16;/h9-13H,7-8,14-15H2,1-6H3,(H,25,27)(H,26,28)(H2,22,23,24);1H. The Morgan fingerprint density at radius 2 is 1.63 bits per heavy atom. The highest BCUT2D eigenvalue weighted by atomic mass is 127. The van der Waals surface area contributed by atoms with Gasteiger partial charge in [0.05, 0.1) is 12.1 Å². The van der Waals surface area contributed by atoms with Crippen molar-refractivity contribution in [1.82, 2.24) is 16.0 Å². The van der Waals surface area contributed by atoms with Crippen LogP contribution in [0.1, 0.15) is 47.5 Å². The molecule has 1 aromatic carbocycles. The van der Waals surface area contributed by atoms with Crippen LogP contribution in [0.2, 0.25) is 0 Å². The minimum Gasteiger partial charge on any atom is -0.444 e. The number of hydrogen-bond donors (Lipinski definition) is 4. The van der Waals surface area contributed by atoms with E-state index in [0.717, 1.165) is 5.69 Å². The molecule has 0 aliphatic carbocycles. The van der Waals surface area contributed by atoms with Crippen LogP contribution in [0.4, 0.5) is 10.5 Å². The number of para-hydroxylation sites is 1. The zero-order valence-corrected chi connectivity index (χ0v) is 21.1. The van der Waals surface area contributed by atoms with Gasteiger partial charge in [0.15, 0.2) is 5.96 Å². The summed E-state index contributed by atoms with van der Waals surface area (Å²) in [6.07, 6.45) is 0.968. The van der Waals surface area contributed by atoms with Crippen LogP contribution in [0.25, 0.3) is 0 Å². The van der Waals surface area contributed by atoms with Crippen molar-refractivity contribution >= 4 is 47.6 Å². The number of carbonyl (C=O) groups excluding carboxylic acids is 2. The Morgan fingerprint density at radius 1 is 1.03 bits per heavy atom. The lowest BCUT2D eigenvalue weighted by Gasteiger charge is -2.34. The molecular formula is C21H36IN5O3. The lowest BCUT2D eigenvalue weighted by Crippen LogP contribution is -2.57. The van der Waals surface area contributed by atoms with Crippen molar-refractivity contribution < 1.29 is 14.3 Å². The maximum atomic E-state index is 12.2. The Bertz CT molecular complexity index is 686. The summed E-state index contributed by atoms with van der Waals surface area (Å²) in [7, 11) is 1.63. The Hall–Kier alpha value is -2.04. The highest BCUT2D eigenvalue weighted by Crippen LogP contribution is 2.16. The number of benzene rings is 1. The number of amides is 2. The third-order valence-electron chi connectivity index (χ3n) is 4.41. The first kappa shape index (κ1) is 28.0. The van der Waals surface area contributed by atoms with E-state index in [4.69, 9.17) is 4.74 Å². The van der Waals surface area contributed by atoms with Gasteiger partial charge in [0.2, 0.25) is 5.91 Å². The molecular weight excluding hydrogens is 497 g/mol. The van der Waals surface area contributed by atoms with Gasteiger partial charge in [-0.25, -0.2) is 4.79 Å². The second-order valence-electron chi connectivity index (χ2n) is 7.81. The fourth-order valence-electron chi connectivity index (χ4n) is 2.61. The number of halogens is 1. The van der Waals surface area contributed by atoms with Crippen LogP contribution in [0, 0.1) is 0 Å². The molecule has 8 nitrogen and oxygen atoms in total. The van der Waals surface area contributed by atoms with E-state index in [1.165, 1.54) is 0 Å². The lowest BCUT2D eigenvalue weighted by atomic mass is 9.93. The molecule has 0 fully saturated rings. The number of carbonyl (C=O) groups is 2. The molecule has 1 aromatic rings. The van der Waals surface area contributed by atoms with Gasteiger partial charge < -0.3 is 26.0 Å². The molecule has 0 saturated carbocycles. The predicted octanol–water partition coefficient (Wildman–Crippen LogP) is 3.49. The number of ether oxygens (including phenoxy) is 1. The number of rotatable bonds is 8. The summed E-state index contributed by atoms with van der Waals surface area (Å²) in [5.74, 6) is 0.300. The maximum absolute atomic E-state index is 12.2. The number of aliphatic imine (C=N–C) groups is 1. The highest BCUT2D eigenvalue weighted by molar-refractivity contribution is 14.0. The van der Waals surface area contributed by atoms with Gasteiger partial charge in [-0.2, -0.15) is 0 Å². The van der Waals surface area contributed by atoms with Gasteiger partial charge in [-0.05, 0) is 45.7 Å². The Balaban J connectivity index is 0.00000841. The van der Waals surface area contributed by atoms with E-state index in [-0.39, 0.29) is 36.4 Å². The minimum absolute atomic E-state index is 0. The van der Waals surface area contributed by atoms with E-state index < -0.39 is 17.2 Å². The van der Waals surface area contributed by atoms with E-state index in [1.54, 1.807) is 7.05 Å². The van der Waals surface area contributed by atoms with Crippen LogP contribution in [-0.4, -0.2) is 49.2 Å². The molecule has 170 valence electrons. The van der Waals surface area contributed by atoms with E-state index in [0.29, 0.717) is 25.3 Å². The van der Waals surface area contributed by atoms with Crippen molar-refractivity contribution in [3.8, 4) is 0 Å². The zero-order valence-electron chi connectivity index (χ0n) is 18.8. The molecule has 0 saturated heterocycles. The van der Waals surface area contributed by atoms with E-state index in [9.17, 15) is 9.59 Å². The number of anilines is 1. The van der Waals surface area contributed by atoms with Crippen LogP contribution in [0.5, 0.6) is 0 Å². The van der Waals surface area contributed by atoms with E-state index in [2.05, 4.69) is 26.3 Å². The molecule has 0 spiro atoms. The van der Waals surface area contributed by atoms with Gasteiger partial charge in [0, 0.05) is 19.3 Å². The molecule has 1 rings (SSSR count). The van der Waals surface area contributed by atoms with Gasteiger partial charge in [-0.3, -0.25) is 9.79 Å². The van der Waals surface area contributed by atoms with E-state index >= 15 is 0 Å². The molecule has 0 radical (unpaired) electrons. The zero-order chi connectivity index (χ0) is 21.9. The molecule has 4 N–H and O–H groups in total. The second-order valence-corrected chi connectivity index (χ2v) is 7.81. The summed E-state index contributed by atoms with van der Waals surface area (Å²) >= 11 is 0. The van der Waals surface area contributed by atoms with Gasteiger partial charge in [-0.15, -0.1) is 24.0 Å². The summed E-state index contributed by atoms with van der Waals surface area (Å²) in [5.41, 5.74) is -0.319. The van der Waals surface area contributed by atoms with Gasteiger partial charge in [0.1, 0.15) is 5.60 Å². The van der Waals surface area contributed by atoms with Gasteiger partial charge in [-0.1, -0.05) is 32.0 Å². The van der Waals surface area contributed by atoms with Crippen molar-refractivity contribution in [2.24, 2.45) is 4.99 Å². The smallest absolute Gasteiger partial charge is 0.408 e. The first-order chi connectivity index (χ1) is 13.6. The first-order valence-corrected chi connectivity index (χ1v) is 9.93. The largest absolute Gasteiger partial charge is 0.444 e. The summed E-state index contributed by atoms with van der Waals surface area (Å²) in [4.78, 5) is 28.5. The van der Waals surface area contributed by atoms with Crippen molar-refractivity contribution in [2.45, 2.75) is 58.6 Å². The van der Waals surface area contributed by atoms with Gasteiger partial charge >= 0.3 is 6.09 Å². The van der Waals surface area contributed by atoms with Crippen LogP contribution >= 0.6 is 24.0 Å². The Labute approximate surface area is 197 Å². The quantitative estimate of drug-likeness (QED) is 0.233. The molecule has 0 aliphatic rings. The molecule has 0 heterocycles. The fourth-order valence-corrected chi connectivity index (χ4v) is 2.61. The van der Waals surface area contributed by atoms with Crippen molar-refractivity contribution in [3.05, 3.63) is 30.3 Å². The summed E-state index contributed by atoms with van der Waals surface area (Å²) in [6, 6.07) is 9.25. The SMILES string of the molecule is CCC(CC)(CNC(=NC)NCC(=O)Nc1ccccc1)NC(=O)OC(C)(C)C.I. The molecule has 30 heavy (non-hydrogen) atoms. The number of nitrogens with zero attached hydrogens (tertiary/aromatic N) is 1. The maximum Gasteiger partial charge on any atom is 0.408 e. The van der Waals surface area contributed by atoms with Crippen LogP contribution in [-0.2, 0) is 9.53 Å². The Morgan fingerprint density at radius 3 is 2.13 bits per heavy atom. The van der Waals surface area contributed by atoms with Gasteiger partial charge in [0.25, 0.3) is 0 Å². The van der Waals surface area contributed by atoms with Crippen molar-refractivity contribution in [1.29, 1.82) is 0 Å². The van der Waals surface area contributed by atoms with Crippen molar-refractivity contribution in [2.75, 3.05) is 25.5 Å². The summed E-state index contributed by atoms with van der Waals surface area (Å²) < 4.78 is 5.39.